The molecule has 0 aliphatic rings. The summed E-state index contributed by atoms with van der Waals surface area (Å²) in [5.41, 5.74) is 1.82. The Morgan fingerprint density at radius 3 is 2.75 bits per heavy atom. The Bertz CT molecular complexity index is 911. The second-order valence-corrected chi connectivity index (χ2v) is 6.24. The number of nitrogens with one attached hydrogen (secondary N) is 2. The third kappa shape index (κ3) is 3.84. The highest BCUT2D eigenvalue weighted by Crippen LogP contribution is 2.23. The fourth-order valence-electron chi connectivity index (χ4n) is 2.02. The van der Waals surface area contributed by atoms with Crippen LogP contribution in [-0.2, 0) is 4.79 Å². The van der Waals surface area contributed by atoms with E-state index in [4.69, 9.17) is 11.6 Å². The average molecular weight is 363 g/mol. The summed E-state index contributed by atoms with van der Waals surface area (Å²) in [7, 11) is 0. The lowest BCUT2D eigenvalue weighted by Crippen LogP contribution is -2.13. The molecule has 1 amide bonds. The van der Waals surface area contributed by atoms with E-state index in [1.165, 1.54) is 23.9 Å². The van der Waals surface area contributed by atoms with E-state index < -0.39 is 4.92 Å². The molecule has 122 valence electrons. The van der Waals surface area contributed by atoms with Crippen molar-refractivity contribution in [1.29, 1.82) is 0 Å². The minimum Gasteiger partial charge on any atom is -0.333 e. The highest BCUT2D eigenvalue weighted by atomic mass is 35.5. The summed E-state index contributed by atoms with van der Waals surface area (Å²) in [6, 6.07) is 11.2. The molecule has 0 saturated heterocycles. The number of nitrogens with zero attached hydrogens (tertiary/aromatic N) is 2. The van der Waals surface area contributed by atoms with Crippen LogP contribution in [0, 0.1) is 10.1 Å². The number of carbonyl (C=O) groups excluding carboxylic acids is 1. The average Bonchev–Trinajstić information content (AvgIpc) is 2.97. The minimum atomic E-state index is -0.466. The molecule has 1 heterocycles. The molecule has 7 nitrogen and oxygen atoms in total. The van der Waals surface area contributed by atoms with Gasteiger partial charge >= 0.3 is 0 Å². The lowest BCUT2D eigenvalue weighted by molar-refractivity contribution is -0.384. The fourth-order valence-corrected chi connectivity index (χ4v) is 2.83. The number of anilines is 1. The molecule has 0 fully saturated rings. The predicted molar refractivity (Wildman–Crippen MR) is 93.6 cm³/mol. The number of nitro benzene ring substituents is 1. The fraction of sp³-hybridized carbons (Fsp3) is 0.0667. The number of imidazole rings is 1. The van der Waals surface area contributed by atoms with Gasteiger partial charge in [-0.05, 0) is 30.3 Å². The molecule has 0 bridgehead atoms. The highest BCUT2D eigenvalue weighted by molar-refractivity contribution is 7.99. The van der Waals surface area contributed by atoms with Crippen LogP contribution in [-0.4, -0.2) is 26.6 Å². The van der Waals surface area contributed by atoms with Crippen LogP contribution < -0.4 is 5.32 Å². The van der Waals surface area contributed by atoms with Crippen molar-refractivity contribution in [2.24, 2.45) is 0 Å². The second kappa shape index (κ2) is 6.90. The Balaban J connectivity index is 1.63. The first-order chi connectivity index (χ1) is 11.5. The standard InChI is InChI=1S/C15H11ClN4O3S/c16-9-1-3-10(4-2-9)17-14(21)8-24-15-18-12-6-5-11(20(22)23)7-13(12)19-15/h1-7H,8H2,(H,17,21)(H,18,19). The number of hydrogen-bond acceptors (Lipinski definition) is 5. The summed E-state index contributed by atoms with van der Waals surface area (Å²) in [4.78, 5) is 29.5. The van der Waals surface area contributed by atoms with Gasteiger partial charge in [-0.1, -0.05) is 23.4 Å². The molecule has 0 aliphatic heterocycles. The van der Waals surface area contributed by atoms with Crippen LogP contribution in [0.4, 0.5) is 11.4 Å². The number of nitro groups is 1. The van der Waals surface area contributed by atoms with E-state index in [9.17, 15) is 14.9 Å². The first-order valence-electron chi connectivity index (χ1n) is 6.83. The van der Waals surface area contributed by atoms with Gasteiger partial charge in [0.25, 0.3) is 5.69 Å². The number of aromatic nitrogens is 2. The van der Waals surface area contributed by atoms with E-state index in [1.54, 1.807) is 30.3 Å². The summed E-state index contributed by atoms with van der Waals surface area (Å²) < 4.78 is 0. The largest absolute Gasteiger partial charge is 0.333 e. The molecule has 2 aromatic carbocycles. The summed E-state index contributed by atoms with van der Waals surface area (Å²) in [6.07, 6.45) is 0. The van der Waals surface area contributed by atoms with Crippen molar-refractivity contribution >= 4 is 51.7 Å². The number of H-pyrrole nitrogens is 1. The summed E-state index contributed by atoms with van der Waals surface area (Å²) in [5.74, 6) is -0.0291. The van der Waals surface area contributed by atoms with E-state index in [0.717, 1.165) is 0 Å². The van der Waals surface area contributed by atoms with Crippen molar-refractivity contribution in [2.45, 2.75) is 5.16 Å². The summed E-state index contributed by atoms with van der Waals surface area (Å²) in [5, 5.41) is 14.6. The maximum Gasteiger partial charge on any atom is 0.271 e. The number of carbonyl (C=O) groups is 1. The van der Waals surface area contributed by atoms with Crippen molar-refractivity contribution in [3.63, 3.8) is 0 Å². The molecule has 0 spiro atoms. The number of benzene rings is 2. The van der Waals surface area contributed by atoms with Crippen LogP contribution >= 0.6 is 23.4 Å². The van der Waals surface area contributed by atoms with E-state index >= 15 is 0 Å². The Kier molecular flexibility index (Phi) is 4.68. The molecule has 1 aromatic heterocycles. The van der Waals surface area contributed by atoms with Gasteiger partial charge in [-0.25, -0.2) is 4.98 Å². The van der Waals surface area contributed by atoms with Crippen LogP contribution in [0.1, 0.15) is 0 Å². The summed E-state index contributed by atoms with van der Waals surface area (Å²) in [6.45, 7) is 0. The van der Waals surface area contributed by atoms with Crippen molar-refractivity contribution in [2.75, 3.05) is 11.1 Å². The first kappa shape index (κ1) is 16.3. The van der Waals surface area contributed by atoms with E-state index in [1.807, 2.05) is 0 Å². The number of thioether (sulfide) groups is 1. The number of non-ortho nitro benzene ring substituents is 1. The zero-order valence-electron chi connectivity index (χ0n) is 12.2. The Morgan fingerprint density at radius 2 is 2.04 bits per heavy atom. The van der Waals surface area contributed by atoms with Gasteiger partial charge in [0.05, 0.1) is 21.7 Å². The van der Waals surface area contributed by atoms with Gasteiger partial charge in [0.1, 0.15) is 0 Å². The number of halogens is 1. The van der Waals surface area contributed by atoms with Crippen molar-refractivity contribution in [3.8, 4) is 0 Å². The molecule has 0 unspecified atom stereocenters. The molecule has 0 atom stereocenters. The molecular weight excluding hydrogens is 352 g/mol. The van der Waals surface area contributed by atoms with Gasteiger partial charge < -0.3 is 10.3 Å². The van der Waals surface area contributed by atoms with E-state index in [0.29, 0.717) is 26.9 Å². The quantitative estimate of drug-likeness (QED) is 0.407. The van der Waals surface area contributed by atoms with Crippen molar-refractivity contribution < 1.29 is 9.72 Å². The lowest BCUT2D eigenvalue weighted by atomic mass is 10.3. The second-order valence-electron chi connectivity index (χ2n) is 4.84. The zero-order valence-corrected chi connectivity index (χ0v) is 13.7. The van der Waals surface area contributed by atoms with E-state index in [-0.39, 0.29) is 17.3 Å². The van der Waals surface area contributed by atoms with Crippen LogP contribution in [0.25, 0.3) is 11.0 Å². The number of fused-ring (bicyclic) bond motifs is 1. The Labute approximate surface area is 145 Å². The molecule has 3 aromatic rings. The smallest absolute Gasteiger partial charge is 0.271 e. The van der Waals surface area contributed by atoms with Crippen molar-refractivity contribution in [1.82, 2.24) is 9.97 Å². The van der Waals surface area contributed by atoms with Gasteiger partial charge in [-0.3, -0.25) is 14.9 Å². The first-order valence-corrected chi connectivity index (χ1v) is 8.20. The molecule has 0 radical (unpaired) electrons. The molecular formula is C15H11ClN4O3S. The minimum absolute atomic E-state index is 0.0109. The van der Waals surface area contributed by atoms with Crippen LogP contribution in [0.3, 0.4) is 0 Å². The van der Waals surface area contributed by atoms with Crippen LogP contribution in [0.2, 0.25) is 5.02 Å². The SMILES string of the molecule is O=C(CSc1nc2ccc([N+](=O)[O-])cc2[nH]1)Nc1ccc(Cl)cc1. The number of hydrogen-bond donors (Lipinski definition) is 2. The Hall–Kier alpha value is -2.58. The zero-order chi connectivity index (χ0) is 17.1. The summed E-state index contributed by atoms with van der Waals surface area (Å²) >= 11 is 7.00. The van der Waals surface area contributed by atoms with Gasteiger partial charge in [0.2, 0.25) is 5.91 Å². The van der Waals surface area contributed by atoms with Gasteiger partial charge in [0, 0.05) is 22.8 Å². The predicted octanol–water partition coefficient (Wildman–Crippen LogP) is 3.86. The Morgan fingerprint density at radius 1 is 1.29 bits per heavy atom. The maximum atomic E-state index is 11.9. The van der Waals surface area contributed by atoms with Gasteiger partial charge in [-0.2, -0.15) is 0 Å². The normalized spacial score (nSPS) is 10.7. The lowest BCUT2D eigenvalue weighted by Gasteiger charge is -2.03. The molecule has 2 N–H and O–H groups in total. The van der Waals surface area contributed by atoms with Gasteiger partial charge in [0.15, 0.2) is 5.16 Å². The third-order valence-corrected chi connectivity index (χ3v) is 4.25. The number of rotatable bonds is 5. The monoisotopic (exact) mass is 362 g/mol. The van der Waals surface area contributed by atoms with E-state index in [2.05, 4.69) is 15.3 Å². The number of aromatic amines is 1. The molecule has 9 heteroatoms. The van der Waals surface area contributed by atoms with Crippen LogP contribution in [0.15, 0.2) is 47.6 Å². The van der Waals surface area contributed by atoms with Crippen LogP contribution in [0.5, 0.6) is 0 Å². The topological polar surface area (TPSA) is 101 Å². The molecule has 3 rings (SSSR count). The highest BCUT2D eigenvalue weighted by Gasteiger charge is 2.11. The third-order valence-electron chi connectivity index (χ3n) is 3.12. The van der Waals surface area contributed by atoms with Gasteiger partial charge in [-0.15, -0.1) is 0 Å². The maximum absolute atomic E-state index is 11.9. The van der Waals surface area contributed by atoms with Crippen molar-refractivity contribution in [3.05, 3.63) is 57.6 Å². The molecule has 0 aliphatic carbocycles. The molecule has 0 saturated carbocycles. The number of amides is 1. The molecule has 24 heavy (non-hydrogen) atoms.